The fourth-order valence-electron chi connectivity index (χ4n) is 1.47. The number of nitrogens with one attached hydrogen (secondary N) is 1. The Labute approximate surface area is 95.4 Å². The SMILES string of the molecule is CCCC(N)CC(=O)NCc1cc(C)no1. The number of aromatic nitrogens is 1. The molecule has 1 aromatic rings. The number of hydrogen-bond acceptors (Lipinski definition) is 4. The minimum absolute atomic E-state index is 0.0463. The molecule has 0 aliphatic heterocycles. The average molecular weight is 225 g/mol. The lowest BCUT2D eigenvalue weighted by Crippen LogP contribution is -2.31. The van der Waals surface area contributed by atoms with Gasteiger partial charge in [0.25, 0.3) is 0 Å². The van der Waals surface area contributed by atoms with Gasteiger partial charge < -0.3 is 15.6 Å². The molecule has 1 rings (SSSR count). The Hall–Kier alpha value is -1.36. The lowest BCUT2D eigenvalue weighted by Gasteiger charge is -2.09. The molecule has 90 valence electrons. The lowest BCUT2D eigenvalue weighted by molar-refractivity contribution is -0.121. The Balaban J connectivity index is 2.25. The second kappa shape index (κ2) is 6.27. The van der Waals surface area contributed by atoms with Crippen LogP contribution in [0.3, 0.4) is 0 Å². The van der Waals surface area contributed by atoms with Gasteiger partial charge in [0.1, 0.15) is 0 Å². The van der Waals surface area contributed by atoms with Crippen molar-refractivity contribution < 1.29 is 9.32 Å². The normalized spacial score (nSPS) is 12.4. The molecule has 3 N–H and O–H groups in total. The largest absolute Gasteiger partial charge is 0.359 e. The summed E-state index contributed by atoms with van der Waals surface area (Å²) in [4.78, 5) is 11.5. The third kappa shape index (κ3) is 4.44. The fraction of sp³-hybridized carbons (Fsp3) is 0.636. The number of nitrogens with two attached hydrogens (primary N) is 1. The molecule has 1 unspecified atom stereocenters. The van der Waals surface area contributed by atoms with Gasteiger partial charge in [-0.1, -0.05) is 18.5 Å². The Morgan fingerprint density at radius 1 is 1.69 bits per heavy atom. The van der Waals surface area contributed by atoms with Gasteiger partial charge in [-0.2, -0.15) is 0 Å². The lowest BCUT2D eigenvalue weighted by atomic mass is 10.1. The molecule has 0 saturated heterocycles. The molecule has 0 aliphatic rings. The molecule has 1 heterocycles. The van der Waals surface area contributed by atoms with Crippen molar-refractivity contribution in [3.63, 3.8) is 0 Å². The number of hydrogen-bond donors (Lipinski definition) is 2. The number of nitrogens with zero attached hydrogens (tertiary/aromatic N) is 1. The smallest absolute Gasteiger partial charge is 0.221 e. The predicted octanol–water partition coefficient (Wildman–Crippen LogP) is 1.12. The van der Waals surface area contributed by atoms with Crippen LogP contribution in [0.2, 0.25) is 0 Å². The molecule has 1 aromatic heterocycles. The first-order chi connectivity index (χ1) is 7.61. The number of aryl methyl sites for hydroxylation is 1. The van der Waals surface area contributed by atoms with Gasteiger partial charge in [-0.15, -0.1) is 0 Å². The van der Waals surface area contributed by atoms with Gasteiger partial charge in [0.15, 0.2) is 5.76 Å². The van der Waals surface area contributed by atoms with Crippen LogP contribution < -0.4 is 11.1 Å². The van der Waals surface area contributed by atoms with Gasteiger partial charge in [0.05, 0.1) is 12.2 Å². The number of carbonyl (C=O) groups is 1. The van der Waals surface area contributed by atoms with Crippen LogP contribution in [0, 0.1) is 6.92 Å². The highest BCUT2D eigenvalue weighted by molar-refractivity contribution is 5.76. The second-order valence-corrected chi connectivity index (χ2v) is 3.96. The van der Waals surface area contributed by atoms with Gasteiger partial charge in [-0.05, 0) is 13.3 Å². The molecule has 0 spiro atoms. The molecule has 0 aliphatic carbocycles. The third-order valence-corrected chi connectivity index (χ3v) is 2.24. The summed E-state index contributed by atoms with van der Waals surface area (Å²) >= 11 is 0. The van der Waals surface area contributed by atoms with E-state index in [9.17, 15) is 4.79 Å². The van der Waals surface area contributed by atoms with Crippen LogP contribution in [0.4, 0.5) is 0 Å². The van der Waals surface area contributed by atoms with Crippen molar-refractivity contribution in [2.75, 3.05) is 0 Å². The number of amides is 1. The summed E-state index contributed by atoms with van der Waals surface area (Å²) in [5, 5.41) is 6.48. The summed E-state index contributed by atoms with van der Waals surface area (Å²) in [7, 11) is 0. The summed E-state index contributed by atoms with van der Waals surface area (Å²) in [5.41, 5.74) is 6.57. The van der Waals surface area contributed by atoms with Crippen LogP contribution in [-0.4, -0.2) is 17.1 Å². The van der Waals surface area contributed by atoms with Crippen molar-refractivity contribution in [2.45, 2.75) is 45.7 Å². The number of rotatable bonds is 6. The topological polar surface area (TPSA) is 81.2 Å². The molecule has 0 radical (unpaired) electrons. The van der Waals surface area contributed by atoms with E-state index in [1.807, 2.05) is 6.92 Å². The molecule has 5 nitrogen and oxygen atoms in total. The van der Waals surface area contributed by atoms with Crippen molar-refractivity contribution >= 4 is 5.91 Å². The maximum absolute atomic E-state index is 11.5. The zero-order valence-corrected chi connectivity index (χ0v) is 9.82. The van der Waals surface area contributed by atoms with Crippen LogP contribution in [-0.2, 0) is 11.3 Å². The summed E-state index contributed by atoms with van der Waals surface area (Å²) in [6, 6.07) is 1.74. The van der Waals surface area contributed by atoms with E-state index in [1.54, 1.807) is 6.07 Å². The molecule has 5 heteroatoms. The molecule has 1 amide bonds. The Kier molecular flexibility index (Phi) is 4.98. The zero-order chi connectivity index (χ0) is 12.0. The molecule has 0 aromatic carbocycles. The molecule has 16 heavy (non-hydrogen) atoms. The number of carbonyl (C=O) groups excluding carboxylic acids is 1. The van der Waals surface area contributed by atoms with E-state index in [-0.39, 0.29) is 11.9 Å². The van der Waals surface area contributed by atoms with Crippen molar-refractivity contribution in [3.8, 4) is 0 Å². The van der Waals surface area contributed by atoms with E-state index in [2.05, 4.69) is 17.4 Å². The highest BCUT2D eigenvalue weighted by Crippen LogP contribution is 2.02. The highest BCUT2D eigenvalue weighted by Gasteiger charge is 2.09. The maximum Gasteiger partial charge on any atom is 0.221 e. The summed E-state index contributed by atoms with van der Waals surface area (Å²) in [6.45, 7) is 4.26. The molecular formula is C11H19N3O2. The molecule has 0 fully saturated rings. The van der Waals surface area contributed by atoms with Gasteiger partial charge >= 0.3 is 0 Å². The molecule has 0 saturated carbocycles. The summed E-state index contributed by atoms with van der Waals surface area (Å²) in [6.07, 6.45) is 2.23. The second-order valence-electron chi connectivity index (χ2n) is 3.96. The van der Waals surface area contributed by atoms with Crippen molar-refractivity contribution in [2.24, 2.45) is 5.73 Å². The van der Waals surface area contributed by atoms with Crippen molar-refractivity contribution in [1.29, 1.82) is 0 Å². The predicted molar refractivity (Wildman–Crippen MR) is 60.6 cm³/mol. The van der Waals surface area contributed by atoms with E-state index in [0.29, 0.717) is 18.7 Å². The molecule has 0 bridgehead atoms. The standard InChI is InChI=1S/C11H19N3O2/c1-3-4-9(12)6-11(15)13-7-10-5-8(2)14-16-10/h5,9H,3-4,6-7,12H2,1-2H3,(H,13,15). The van der Waals surface area contributed by atoms with E-state index < -0.39 is 0 Å². The first-order valence-corrected chi connectivity index (χ1v) is 5.56. The minimum atomic E-state index is -0.0542. The summed E-state index contributed by atoms with van der Waals surface area (Å²) < 4.78 is 4.97. The fourth-order valence-corrected chi connectivity index (χ4v) is 1.47. The average Bonchev–Trinajstić information content (AvgIpc) is 2.61. The van der Waals surface area contributed by atoms with Crippen LogP contribution in [0.25, 0.3) is 0 Å². The van der Waals surface area contributed by atoms with E-state index in [1.165, 1.54) is 0 Å². The molecular weight excluding hydrogens is 206 g/mol. The first kappa shape index (κ1) is 12.7. The summed E-state index contributed by atoms with van der Waals surface area (Å²) in [5.74, 6) is 0.616. The van der Waals surface area contributed by atoms with Gasteiger partial charge in [0, 0.05) is 18.5 Å². The van der Waals surface area contributed by atoms with Crippen LogP contribution in [0.5, 0.6) is 0 Å². The Morgan fingerprint density at radius 3 is 3.00 bits per heavy atom. The molecule has 1 atom stereocenters. The Morgan fingerprint density at radius 2 is 2.44 bits per heavy atom. The van der Waals surface area contributed by atoms with Gasteiger partial charge in [-0.25, -0.2) is 0 Å². The van der Waals surface area contributed by atoms with Gasteiger partial charge in [-0.3, -0.25) is 4.79 Å². The van der Waals surface area contributed by atoms with E-state index in [0.717, 1.165) is 18.5 Å². The van der Waals surface area contributed by atoms with Crippen LogP contribution in [0.1, 0.15) is 37.6 Å². The Bertz CT molecular complexity index is 336. The monoisotopic (exact) mass is 225 g/mol. The third-order valence-electron chi connectivity index (χ3n) is 2.24. The van der Waals surface area contributed by atoms with Crippen LogP contribution in [0.15, 0.2) is 10.6 Å². The zero-order valence-electron chi connectivity index (χ0n) is 9.82. The van der Waals surface area contributed by atoms with Crippen molar-refractivity contribution in [1.82, 2.24) is 10.5 Å². The van der Waals surface area contributed by atoms with Crippen LogP contribution >= 0.6 is 0 Å². The first-order valence-electron chi connectivity index (χ1n) is 5.56. The minimum Gasteiger partial charge on any atom is -0.359 e. The quantitative estimate of drug-likeness (QED) is 0.760. The maximum atomic E-state index is 11.5. The highest BCUT2D eigenvalue weighted by atomic mass is 16.5. The van der Waals surface area contributed by atoms with E-state index >= 15 is 0 Å². The van der Waals surface area contributed by atoms with Gasteiger partial charge in [0.2, 0.25) is 5.91 Å². The van der Waals surface area contributed by atoms with E-state index in [4.69, 9.17) is 10.3 Å². The van der Waals surface area contributed by atoms with Crippen molar-refractivity contribution in [3.05, 3.63) is 17.5 Å².